The molecule has 0 saturated carbocycles. The van der Waals surface area contributed by atoms with Crippen LogP contribution >= 0.6 is 0 Å². The van der Waals surface area contributed by atoms with Gasteiger partial charge in [-0.1, -0.05) is 6.07 Å². The molecule has 0 bridgehead atoms. The van der Waals surface area contributed by atoms with Gasteiger partial charge in [-0.3, -0.25) is 4.79 Å². The molecule has 5 heteroatoms. The minimum Gasteiger partial charge on any atom is -0.480 e. The van der Waals surface area contributed by atoms with Crippen molar-refractivity contribution < 1.29 is 18.7 Å². The summed E-state index contributed by atoms with van der Waals surface area (Å²) < 4.78 is 26.3. The van der Waals surface area contributed by atoms with Gasteiger partial charge in [0, 0.05) is 12.0 Å². The van der Waals surface area contributed by atoms with E-state index in [1.807, 2.05) is 0 Å². The Kier molecular flexibility index (Phi) is 3.36. The van der Waals surface area contributed by atoms with Crippen LogP contribution in [-0.4, -0.2) is 17.1 Å². The number of hydrogen-bond donors (Lipinski definition) is 2. The van der Waals surface area contributed by atoms with E-state index in [1.165, 1.54) is 13.0 Å². The third kappa shape index (κ3) is 2.50. The van der Waals surface area contributed by atoms with Gasteiger partial charge in [-0.25, -0.2) is 8.78 Å². The van der Waals surface area contributed by atoms with E-state index >= 15 is 0 Å². The predicted molar refractivity (Wildman–Crippen MR) is 50.4 cm³/mol. The lowest BCUT2D eigenvalue weighted by Crippen LogP contribution is -2.32. The van der Waals surface area contributed by atoms with Crippen molar-refractivity contribution in [3.63, 3.8) is 0 Å². The van der Waals surface area contributed by atoms with Crippen molar-refractivity contribution in [1.29, 1.82) is 0 Å². The smallest absolute Gasteiger partial charge is 0.320 e. The van der Waals surface area contributed by atoms with E-state index in [0.29, 0.717) is 0 Å². The molecule has 1 rings (SSSR count). The molecular weight excluding hydrogens is 204 g/mol. The van der Waals surface area contributed by atoms with E-state index in [1.54, 1.807) is 0 Å². The number of carbonyl (C=O) groups is 1. The summed E-state index contributed by atoms with van der Waals surface area (Å²) >= 11 is 0. The number of halogens is 2. The van der Waals surface area contributed by atoms with Gasteiger partial charge in [0.25, 0.3) is 0 Å². The summed E-state index contributed by atoms with van der Waals surface area (Å²) in [6.07, 6.45) is -0.151. The molecule has 15 heavy (non-hydrogen) atoms. The first-order valence-corrected chi connectivity index (χ1v) is 4.35. The second-order valence-electron chi connectivity index (χ2n) is 3.29. The monoisotopic (exact) mass is 215 g/mol. The van der Waals surface area contributed by atoms with Crippen LogP contribution < -0.4 is 5.73 Å². The number of carboxylic acid groups (broad SMARTS) is 1. The first-order chi connectivity index (χ1) is 6.93. The second kappa shape index (κ2) is 4.35. The van der Waals surface area contributed by atoms with Crippen molar-refractivity contribution in [2.24, 2.45) is 5.73 Å². The number of aliphatic carboxylic acids is 1. The molecule has 0 spiro atoms. The lowest BCUT2D eigenvalue weighted by Gasteiger charge is -2.09. The molecule has 0 saturated heterocycles. The highest BCUT2D eigenvalue weighted by molar-refractivity contribution is 5.73. The summed E-state index contributed by atoms with van der Waals surface area (Å²) in [5, 5.41) is 8.54. The van der Waals surface area contributed by atoms with Crippen LogP contribution in [0.3, 0.4) is 0 Å². The maximum absolute atomic E-state index is 13.4. The minimum atomic E-state index is -1.21. The zero-order chi connectivity index (χ0) is 11.6. The van der Waals surface area contributed by atoms with Crippen molar-refractivity contribution in [3.8, 4) is 0 Å². The van der Waals surface area contributed by atoms with Crippen LogP contribution in [0.5, 0.6) is 0 Å². The molecule has 0 radical (unpaired) electrons. The van der Waals surface area contributed by atoms with Crippen molar-refractivity contribution in [2.45, 2.75) is 19.4 Å². The van der Waals surface area contributed by atoms with Gasteiger partial charge < -0.3 is 10.8 Å². The molecule has 0 aliphatic rings. The fraction of sp³-hybridized carbons (Fsp3) is 0.300. The largest absolute Gasteiger partial charge is 0.480 e. The standard InChI is InChI=1S/C10H11F2NO2/c1-5-7(11)3-2-6(9(5)12)4-8(13)10(14)15/h2-3,8H,4,13H2,1H3,(H,14,15)/t8-/m0/s1. The van der Waals surface area contributed by atoms with E-state index in [0.717, 1.165) is 6.07 Å². The number of carboxylic acids is 1. The summed E-state index contributed by atoms with van der Waals surface area (Å²) in [5.74, 6) is -2.59. The Morgan fingerprint density at radius 3 is 2.67 bits per heavy atom. The van der Waals surface area contributed by atoms with Gasteiger partial charge in [0.2, 0.25) is 0 Å². The third-order valence-electron chi connectivity index (χ3n) is 2.16. The molecule has 0 amide bonds. The Bertz CT molecular complexity index is 393. The number of rotatable bonds is 3. The molecule has 3 N–H and O–H groups in total. The lowest BCUT2D eigenvalue weighted by atomic mass is 10.0. The average molecular weight is 215 g/mol. The van der Waals surface area contributed by atoms with Gasteiger partial charge in [-0.15, -0.1) is 0 Å². The fourth-order valence-corrected chi connectivity index (χ4v) is 1.20. The number of benzene rings is 1. The fourth-order valence-electron chi connectivity index (χ4n) is 1.20. The molecule has 0 aliphatic heterocycles. The van der Waals surface area contributed by atoms with Crippen LogP contribution in [0.15, 0.2) is 12.1 Å². The molecule has 0 fully saturated rings. The van der Waals surface area contributed by atoms with Crippen LogP contribution in [0.4, 0.5) is 8.78 Å². The molecule has 1 aromatic carbocycles. The van der Waals surface area contributed by atoms with Crippen molar-refractivity contribution in [3.05, 3.63) is 34.9 Å². The molecule has 82 valence electrons. The Morgan fingerprint density at radius 1 is 1.53 bits per heavy atom. The average Bonchev–Trinajstić information content (AvgIpc) is 2.18. The van der Waals surface area contributed by atoms with E-state index in [9.17, 15) is 13.6 Å². The minimum absolute atomic E-state index is 0.115. The van der Waals surface area contributed by atoms with Crippen LogP contribution in [0.2, 0.25) is 0 Å². The van der Waals surface area contributed by atoms with E-state index < -0.39 is 23.6 Å². The Balaban J connectivity index is 2.97. The third-order valence-corrected chi connectivity index (χ3v) is 2.16. The number of nitrogens with two attached hydrogens (primary N) is 1. The molecule has 0 heterocycles. The van der Waals surface area contributed by atoms with Gasteiger partial charge in [-0.2, -0.15) is 0 Å². The highest BCUT2D eigenvalue weighted by Gasteiger charge is 2.16. The highest BCUT2D eigenvalue weighted by Crippen LogP contribution is 2.16. The van der Waals surface area contributed by atoms with Crippen LogP contribution in [0.25, 0.3) is 0 Å². The maximum atomic E-state index is 13.4. The normalized spacial score (nSPS) is 12.5. The van der Waals surface area contributed by atoms with E-state index in [4.69, 9.17) is 10.8 Å². The zero-order valence-electron chi connectivity index (χ0n) is 8.13. The molecule has 1 atom stereocenters. The van der Waals surface area contributed by atoms with Crippen LogP contribution in [-0.2, 0) is 11.2 Å². The summed E-state index contributed by atoms with van der Waals surface area (Å²) in [6, 6.07) is 1.13. The summed E-state index contributed by atoms with van der Waals surface area (Å²) in [6.45, 7) is 1.29. The Morgan fingerprint density at radius 2 is 2.13 bits per heavy atom. The molecule has 0 aromatic heterocycles. The van der Waals surface area contributed by atoms with Crippen molar-refractivity contribution >= 4 is 5.97 Å². The van der Waals surface area contributed by atoms with E-state index in [2.05, 4.69) is 0 Å². The van der Waals surface area contributed by atoms with Gasteiger partial charge >= 0.3 is 5.97 Å². The molecule has 1 aromatic rings. The summed E-state index contributed by atoms with van der Waals surface area (Å²) in [4.78, 5) is 10.4. The lowest BCUT2D eigenvalue weighted by molar-refractivity contribution is -0.138. The number of hydrogen-bond acceptors (Lipinski definition) is 2. The first-order valence-electron chi connectivity index (χ1n) is 4.35. The van der Waals surface area contributed by atoms with E-state index in [-0.39, 0.29) is 17.5 Å². The molecule has 0 unspecified atom stereocenters. The Labute approximate surface area is 85.5 Å². The highest BCUT2D eigenvalue weighted by atomic mass is 19.1. The summed E-state index contributed by atoms with van der Waals surface area (Å²) in [7, 11) is 0. The van der Waals surface area contributed by atoms with Gasteiger partial charge in [0.05, 0.1) is 0 Å². The topological polar surface area (TPSA) is 63.3 Å². The van der Waals surface area contributed by atoms with Crippen LogP contribution in [0.1, 0.15) is 11.1 Å². The van der Waals surface area contributed by atoms with Gasteiger partial charge in [0.1, 0.15) is 17.7 Å². The molecular formula is C10H11F2NO2. The maximum Gasteiger partial charge on any atom is 0.320 e. The van der Waals surface area contributed by atoms with Crippen LogP contribution in [0, 0.1) is 18.6 Å². The van der Waals surface area contributed by atoms with Crippen molar-refractivity contribution in [1.82, 2.24) is 0 Å². The van der Waals surface area contributed by atoms with Crippen molar-refractivity contribution in [2.75, 3.05) is 0 Å². The molecule has 3 nitrogen and oxygen atoms in total. The Hall–Kier alpha value is -1.49. The molecule has 0 aliphatic carbocycles. The van der Waals surface area contributed by atoms with Gasteiger partial charge in [-0.05, 0) is 18.6 Å². The SMILES string of the molecule is Cc1c(F)ccc(C[C@H](N)C(=O)O)c1F. The first kappa shape index (κ1) is 11.6. The zero-order valence-corrected chi connectivity index (χ0v) is 8.13. The predicted octanol–water partition coefficient (Wildman–Crippen LogP) is 1.23. The van der Waals surface area contributed by atoms with Gasteiger partial charge in [0.15, 0.2) is 0 Å². The summed E-state index contributed by atoms with van der Waals surface area (Å²) in [5.41, 5.74) is 5.24. The quantitative estimate of drug-likeness (QED) is 0.797. The second-order valence-corrected chi connectivity index (χ2v) is 3.29.